The quantitative estimate of drug-likeness (QED) is 0.560. The third kappa shape index (κ3) is 2.88. The van der Waals surface area contributed by atoms with E-state index in [1.807, 2.05) is 48.9 Å². The van der Waals surface area contributed by atoms with Gasteiger partial charge in [-0.15, -0.1) is 0 Å². The fourth-order valence-corrected chi connectivity index (χ4v) is 3.34. The van der Waals surface area contributed by atoms with Crippen LogP contribution in [0, 0.1) is 13.8 Å². The van der Waals surface area contributed by atoms with Gasteiger partial charge >= 0.3 is 0 Å². The highest BCUT2D eigenvalue weighted by atomic mass is 79.9. The summed E-state index contributed by atoms with van der Waals surface area (Å²) in [6, 6.07) is 11.3. The van der Waals surface area contributed by atoms with Crippen molar-refractivity contribution in [3.05, 3.63) is 70.3 Å². The molecule has 0 unspecified atom stereocenters. The molecule has 0 aliphatic carbocycles. The number of carbonyl (C=O) groups is 1. The fourth-order valence-electron chi connectivity index (χ4n) is 2.80. The molecule has 7 nitrogen and oxygen atoms in total. The minimum absolute atomic E-state index is 0.278. The molecule has 0 bridgehead atoms. The predicted octanol–water partition coefficient (Wildman–Crippen LogP) is 3.55. The molecule has 4 rings (SSSR count). The van der Waals surface area contributed by atoms with Gasteiger partial charge in [-0.2, -0.15) is 10.2 Å². The molecule has 130 valence electrons. The number of fused-ring (bicyclic) bond motifs is 1. The van der Waals surface area contributed by atoms with Crippen LogP contribution in [0.1, 0.15) is 21.9 Å². The maximum Gasteiger partial charge on any atom is 0.277 e. The van der Waals surface area contributed by atoms with Crippen LogP contribution < -0.4 is 5.32 Å². The van der Waals surface area contributed by atoms with Gasteiger partial charge in [0.2, 0.25) is 0 Å². The van der Waals surface area contributed by atoms with Crippen LogP contribution in [-0.4, -0.2) is 30.3 Å². The second kappa shape index (κ2) is 6.38. The summed E-state index contributed by atoms with van der Waals surface area (Å²) < 4.78 is 3.96. The van der Waals surface area contributed by atoms with E-state index < -0.39 is 0 Å². The summed E-state index contributed by atoms with van der Waals surface area (Å²) in [5, 5.41) is 11.6. The average molecular weight is 411 g/mol. The average Bonchev–Trinajstić information content (AvgIpc) is 3.15. The Morgan fingerprint density at radius 1 is 1.15 bits per heavy atom. The minimum Gasteiger partial charge on any atom is -0.320 e. The lowest BCUT2D eigenvalue weighted by molar-refractivity contribution is 0.102. The first kappa shape index (κ1) is 16.5. The van der Waals surface area contributed by atoms with Crippen molar-refractivity contribution in [1.82, 2.24) is 24.4 Å². The van der Waals surface area contributed by atoms with Crippen LogP contribution in [0.2, 0.25) is 0 Å². The summed E-state index contributed by atoms with van der Waals surface area (Å²) in [7, 11) is 0. The normalized spacial score (nSPS) is 11.0. The molecular formula is C18H15BrN6O. The lowest BCUT2D eigenvalue weighted by atomic mass is 10.2. The molecule has 1 aromatic carbocycles. The Labute approximate surface area is 157 Å². The van der Waals surface area contributed by atoms with Crippen LogP contribution in [0.3, 0.4) is 0 Å². The van der Waals surface area contributed by atoms with Crippen molar-refractivity contribution in [2.24, 2.45) is 0 Å². The summed E-state index contributed by atoms with van der Waals surface area (Å²) in [4.78, 5) is 16.9. The van der Waals surface area contributed by atoms with Crippen LogP contribution >= 0.6 is 15.9 Å². The molecule has 3 heterocycles. The van der Waals surface area contributed by atoms with Gasteiger partial charge in [0.1, 0.15) is 0 Å². The molecule has 1 N–H and O–H groups in total. The lowest BCUT2D eigenvalue weighted by Gasteiger charge is -2.08. The van der Waals surface area contributed by atoms with Gasteiger partial charge in [0.15, 0.2) is 11.3 Å². The number of aromatic nitrogens is 5. The Hall–Kier alpha value is -3.00. The predicted molar refractivity (Wildman–Crippen MR) is 102 cm³/mol. The number of aryl methyl sites for hydroxylation is 2. The third-order valence-corrected chi connectivity index (χ3v) is 4.64. The van der Waals surface area contributed by atoms with Crippen LogP contribution in [0.5, 0.6) is 0 Å². The van der Waals surface area contributed by atoms with Gasteiger partial charge < -0.3 is 5.32 Å². The summed E-state index contributed by atoms with van der Waals surface area (Å²) in [5.41, 5.74) is 4.38. The number of hydrogen-bond donors (Lipinski definition) is 1. The number of carbonyl (C=O) groups excluding carboxylic acids is 1. The summed E-state index contributed by atoms with van der Waals surface area (Å²) in [6.07, 6.45) is 3.40. The van der Waals surface area contributed by atoms with Gasteiger partial charge in [-0.3, -0.25) is 4.79 Å². The van der Waals surface area contributed by atoms with Gasteiger partial charge in [0, 0.05) is 23.8 Å². The van der Waals surface area contributed by atoms with E-state index in [1.165, 1.54) is 0 Å². The first-order valence-corrected chi connectivity index (χ1v) is 8.76. The number of nitrogens with zero attached hydrogens (tertiary/aromatic N) is 5. The van der Waals surface area contributed by atoms with Crippen molar-refractivity contribution in [3.63, 3.8) is 0 Å². The Morgan fingerprint density at radius 3 is 2.73 bits per heavy atom. The molecule has 26 heavy (non-hydrogen) atoms. The number of benzene rings is 1. The summed E-state index contributed by atoms with van der Waals surface area (Å²) in [5.74, 6) is -0.312. The number of halogens is 1. The van der Waals surface area contributed by atoms with Crippen molar-refractivity contribution in [1.29, 1.82) is 0 Å². The van der Waals surface area contributed by atoms with E-state index in [9.17, 15) is 4.79 Å². The molecular weight excluding hydrogens is 396 g/mol. The molecule has 0 saturated heterocycles. The van der Waals surface area contributed by atoms with Crippen LogP contribution in [-0.2, 0) is 0 Å². The molecule has 8 heteroatoms. The maximum atomic E-state index is 12.7. The van der Waals surface area contributed by atoms with Gasteiger partial charge in [-0.25, -0.2) is 14.2 Å². The van der Waals surface area contributed by atoms with Crippen molar-refractivity contribution in [3.8, 4) is 5.69 Å². The Kier molecular flexibility index (Phi) is 4.04. The van der Waals surface area contributed by atoms with Crippen LogP contribution in [0.25, 0.3) is 11.3 Å². The van der Waals surface area contributed by atoms with Crippen LogP contribution in [0.4, 0.5) is 5.69 Å². The number of rotatable bonds is 3. The number of hydrogen-bond acceptors (Lipinski definition) is 4. The van der Waals surface area contributed by atoms with Crippen LogP contribution in [0.15, 0.2) is 53.3 Å². The topological polar surface area (TPSA) is 77.1 Å². The van der Waals surface area contributed by atoms with E-state index in [0.29, 0.717) is 15.8 Å². The van der Waals surface area contributed by atoms with E-state index in [4.69, 9.17) is 0 Å². The first-order chi connectivity index (χ1) is 12.5. The fraction of sp³-hybridized carbons (Fsp3) is 0.111. The highest BCUT2D eigenvalue weighted by Crippen LogP contribution is 2.22. The lowest BCUT2D eigenvalue weighted by Crippen LogP contribution is -2.13. The van der Waals surface area contributed by atoms with Crippen molar-refractivity contribution in [2.45, 2.75) is 13.8 Å². The van der Waals surface area contributed by atoms with E-state index in [0.717, 1.165) is 17.1 Å². The second-order valence-corrected chi connectivity index (χ2v) is 6.69. The Morgan fingerprint density at radius 2 is 2.00 bits per heavy atom. The number of nitrogens with one attached hydrogen (secondary N) is 1. The smallest absolute Gasteiger partial charge is 0.277 e. The van der Waals surface area contributed by atoms with Gasteiger partial charge in [-0.05, 0) is 60.1 Å². The molecule has 0 radical (unpaired) electrons. The largest absolute Gasteiger partial charge is 0.320 e. The Balaban J connectivity index is 1.64. The maximum absolute atomic E-state index is 12.7. The van der Waals surface area contributed by atoms with E-state index in [-0.39, 0.29) is 11.6 Å². The van der Waals surface area contributed by atoms with Gasteiger partial charge in [0.05, 0.1) is 15.9 Å². The zero-order valence-corrected chi connectivity index (χ0v) is 15.7. The van der Waals surface area contributed by atoms with Gasteiger partial charge in [-0.1, -0.05) is 6.07 Å². The Bertz CT molecular complexity index is 1130. The molecule has 0 saturated carbocycles. The highest BCUT2D eigenvalue weighted by molar-refractivity contribution is 9.10. The summed E-state index contributed by atoms with van der Waals surface area (Å²) >= 11 is 3.41. The molecule has 0 fully saturated rings. The van der Waals surface area contributed by atoms with Crippen molar-refractivity contribution in [2.75, 3.05) is 5.32 Å². The minimum atomic E-state index is -0.312. The molecule has 0 aliphatic heterocycles. The zero-order chi connectivity index (χ0) is 18.3. The molecule has 0 spiro atoms. The molecule has 1 amide bonds. The SMILES string of the molecule is Cc1cc(C)n(-c2cccc(NC(=O)c3nn4cccnc4c3Br)c2)n1. The molecule has 0 atom stereocenters. The molecule has 3 aromatic heterocycles. The molecule has 4 aromatic rings. The van der Waals surface area contributed by atoms with E-state index in [1.54, 1.807) is 23.0 Å². The zero-order valence-electron chi connectivity index (χ0n) is 14.1. The van der Waals surface area contributed by atoms with Gasteiger partial charge in [0.25, 0.3) is 5.91 Å². The number of anilines is 1. The third-order valence-electron chi connectivity index (χ3n) is 3.91. The standard InChI is InChI=1S/C18H15BrN6O/c1-11-9-12(2)25(22-11)14-6-3-5-13(10-14)21-18(26)16-15(19)17-20-7-4-8-24(17)23-16/h3-10H,1-2H3,(H,21,26). The highest BCUT2D eigenvalue weighted by Gasteiger charge is 2.18. The van der Waals surface area contributed by atoms with E-state index in [2.05, 4.69) is 36.4 Å². The monoisotopic (exact) mass is 410 g/mol. The first-order valence-electron chi connectivity index (χ1n) is 7.97. The van der Waals surface area contributed by atoms with Crippen molar-refractivity contribution >= 4 is 33.2 Å². The molecule has 0 aliphatic rings. The second-order valence-electron chi connectivity index (χ2n) is 5.89. The van der Waals surface area contributed by atoms with E-state index >= 15 is 0 Å². The summed E-state index contributed by atoms with van der Waals surface area (Å²) in [6.45, 7) is 3.94. The number of amides is 1. The van der Waals surface area contributed by atoms with Crippen molar-refractivity contribution < 1.29 is 4.79 Å².